The van der Waals surface area contributed by atoms with Crippen molar-refractivity contribution in [2.75, 3.05) is 13.6 Å². The van der Waals surface area contributed by atoms with E-state index < -0.39 is 0 Å². The van der Waals surface area contributed by atoms with Crippen molar-refractivity contribution in [2.45, 2.75) is 6.42 Å². The summed E-state index contributed by atoms with van der Waals surface area (Å²) in [7, 11) is 1.96. The summed E-state index contributed by atoms with van der Waals surface area (Å²) in [6, 6.07) is 10.3. The van der Waals surface area contributed by atoms with Crippen molar-refractivity contribution in [1.29, 1.82) is 0 Å². The Kier molecular flexibility index (Phi) is 3.15. The maximum Gasteiger partial charge on any atom is 0.0682 e. The lowest BCUT2D eigenvalue weighted by molar-refractivity contribution is 0.793. The SMILES string of the molecule is CNCCc1cn[nH]c1-c1ccccc1. The lowest BCUT2D eigenvalue weighted by atomic mass is 10.1. The van der Waals surface area contributed by atoms with Gasteiger partial charge < -0.3 is 5.32 Å². The fourth-order valence-electron chi connectivity index (χ4n) is 1.62. The normalized spacial score (nSPS) is 10.5. The highest BCUT2D eigenvalue weighted by Crippen LogP contribution is 2.20. The van der Waals surface area contributed by atoms with Crippen LogP contribution in [0.4, 0.5) is 0 Å². The summed E-state index contributed by atoms with van der Waals surface area (Å²) >= 11 is 0. The zero-order valence-corrected chi connectivity index (χ0v) is 8.83. The van der Waals surface area contributed by atoms with Crippen LogP contribution in [-0.2, 0) is 6.42 Å². The van der Waals surface area contributed by atoms with Crippen molar-refractivity contribution in [1.82, 2.24) is 15.5 Å². The van der Waals surface area contributed by atoms with Crippen LogP contribution in [-0.4, -0.2) is 23.8 Å². The highest BCUT2D eigenvalue weighted by atomic mass is 15.1. The minimum absolute atomic E-state index is 0.972. The van der Waals surface area contributed by atoms with Crippen LogP contribution in [0.3, 0.4) is 0 Å². The highest BCUT2D eigenvalue weighted by molar-refractivity contribution is 5.62. The van der Waals surface area contributed by atoms with Crippen LogP contribution >= 0.6 is 0 Å². The van der Waals surface area contributed by atoms with Gasteiger partial charge >= 0.3 is 0 Å². The van der Waals surface area contributed by atoms with Crippen LogP contribution in [0.5, 0.6) is 0 Å². The van der Waals surface area contributed by atoms with Crippen molar-refractivity contribution < 1.29 is 0 Å². The molecular weight excluding hydrogens is 186 g/mol. The molecule has 78 valence electrons. The van der Waals surface area contributed by atoms with E-state index in [1.807, 2.05) is 31.4 Å². The maximum absolute atomic E-state index is 4.10. The summed E-state index contributed by atoms with van der Waals surface area (Å²) in [6.45, 7) is 0.972. The molecule has 2 N–H and O–H groups in total. The largest absolute Gasteiger partial charge is 0.319 e. The van der Waals surface area contributed by atoms with Crippen LogP contribution in [0.2, 0.25) is 0 Å². The maximum atomic E-state index is 4.10. The van der Waals surface area contributed by atoms with E-state index in [0.717, 1.165) is 18.7 Å². The van der Waals surface area contributed by atoms with E-state index in [-0.39, 0.29) is 0 Å². The summed E-state index contributed by atoms with van der Waals surface area (Å²) in [6.07, 6.45) is 2.90. The van der Waals surface area contributed by atoms with Crippen LogP contribution in [0.1, 0.15) is 5.56 Å². The Bertz CT molecular complexity index is 406. The van der Waals surface area contributed by atoms with Gasteiger partial charge in [0.1, 0.15) is 0 Å². The molecule has 0 aliphatic carbocycles. The molecule has 1 heterocycles. The van der Waals surface area contributed by atoms with Crippen molar-refractivity contribution in [2.24, 2.45) is 0 Å². The molecule has 0 unspecified atom stereocenters. The van der Waals surface area contributed by atoms with E-state index in [2.05, 4.69) is 27.6 Å². The third-order valence-corrected chi connectivity index (χ3v) is 2.42. The smallest absolute Gasteiger partial charge is 0.0682 e. The summed E-state index contributed by atoms with van der Waals surface area (Å²) in [5.41, 5.74) is 3.59. The standard InChI is InChI=1S/C12H15N3/c1-13-8-7-11-9-14-15-12(11)10-5-3-2-4-6-10/h2-6,9,13H,7-8H2,1H3,(H,14,15). The number of hydrogen-bond acceptors (Lipinski definition) is 2. The number of rotatable bonds is 4. The zero-order chi connectivity index (χ0) is 10.5. The van der Waals surface area contributed by atoms with Crippen LogP contribution < -0.4 is 5.32 Å². The Morgan fingerprint density at radius 3 is 2.80 bits per heavy atom. The third kappa shape index (κ3) is 2.25. The fraction of sp³-hybridized carbons (Fsp3) is 0.250. The molecule has 2 aromatic rings. The molecule has 0 spiro atoms. The van der Waals surface area contributed by atoms with Crippen molar-refractivity contribution in [3.05, 3.63) is 42.1 Å². The number of hydrogen-bond donors (Lipinski definition) is 2. The van der Waals surface area contributed by atoms with E-state index in [1.54, 1.807) is 0 Å². The molecule has 0 saturated heterocycles. The Labute approximate surface area is 89.5 Å². The first-order valence-electron chi connectivity index (χ1n) is 5.14. The molecule has 0 saturated carbocycles. The second-order valence-electron chi connectivity index (χ2n) is 3.49. The summed E-state index contributed by atoms with van der Waals surface area (Å²) in [5, 5.41) is 10.3. The molecule has 3 heteroatoms. The van der Waals surface area contributed by atoms with Gasteiger partial charge in [-0.25, -0.2) is 0 Å². The highest BCUT2D eigenvalue weighted by Gasteiger charge is 2.05. The molecule has 1 aromatic heterocycles. The van der Waals surface area contributed by atoms with Crippen LogP contribution in [0.15, 0.2) is 36.5 Å². The molecule has 1 aromatic carbocycles. The second kappa shape index (κ2) is 4.75. The van der Waals surface area contributed by atoms with E-state index in [1.165, 1.54) is 11.1 Å². The first kappa shape index (κ1) is 9.93. The number of likely N-dealkylation sites (N-methyl/N-ethyl adjacent to an activating group) is 1. The summed E-state index contributed by atoms with van der Waals surface area (Å²) in [5.74, 6) is 0. The van der Waals surface area contributed by atoms with Gasteiger partial charge in [-0.15, -0.1) is 0 Å². The van der Waals surface area contributed by atoms with Gasteiger partial charge in [0.2, 0.25) is 0 Å². The lowest BCUT2D eigenvalue weighted by Gasteiger charge is -2.02. The first-order chi connectivity index (χ1) is 7.42. The number of aromatic nitrogens is 2. The van der Waals surface area contributed by atoms with Gasteiger partial charge in [-0.3, -0.25) is 5.10 Å². The quantitative estimate of drug-likeness (QED) is 0.792. The number of benzene rings is 1. The molecular formula is C12H15N3. The van der Waals surface area contributed by atoms with Crippen LogP contribution in [0, 0.1) is 0 Å². The van der Waals surface area contributed by atoms with Crippen molar-refractivity contribution in [3.8, 4) is 11.3 Å². The molecule has 3 nitrogen and oxygen atoms in total. The predicted molar refractivity (Wildman–Crippen MR) is 61.7 cm³/mol. The van der Waals surface area contributed by atoms with Gasteiger partial charge in [-0.1, -0.05) is 30.3 Å². The number of nitrogens with zero attached hydrogens (tertiary/aromatic N) is 1. The van der Waals surface area contributed by atoms with Crippen molar-refractivity contribution >= 4 is 0 Å². The molecule has 0 amide bonds. The van der Waals surface area contributed by atoms with E-state index in [0.29, 0.717) is 0 Å². The van der Waals surface area contributed by atoms with Gasteiger partial charge in [0.25, 0.3) is 0 Å². The van der Waals surface area contributed by atoms with Crippen LogP contribution in [0.25, 0.3) is 11.3 Å². The molecule has 2 rings (SSSR count). The zero-order valence-electron chi connectivity index (χ0n) is 8.83. The summed E-state index contributed by atoms with van der Waals surface area (Å²) < 4.78 is 0. The minimum atomic E-state index is 0.972. The first-order valence-corrected chi connectivity index (χ1v) is 5.14. The van der Waals surface area contributed by atoms with E-state index >= 15 is 0 Å². The molecule has 15 heavy (non-hydrogen) atoms. The predicted octanol–water partition coefficient (Wildman–Crippen LogP) is 1.84. The van der Waals surface area contributed by atoms with Gasteiger partial charge in [-0.2, -0.15) is 5.10 Å². The van der Waals surface area contributed by atoms with E-state index in [9.17, 15) is 0 Å². The number of H-pyrrole nitrogens is 1. The minimum Gasteiger partial charge on any atom is -0.319 e. The summed E-state index contributed by atoms with van der Waals surface area (Å²) in [4.78, 5) is 0. The van der Waals surface area contributed by atoms with Gasteiger partial charge in [0, 0.05) is 0 Å². The molecule has 0 fully saturated rings. The van der Waals surface area contributed by atoms with Gasteiger partial charge in [0.05, 0.1) is 11.9 Å². The Balaban J connectivity index is 2.25. The van der Waals surface area contributed by atoms with Gasteiger partial charge in [0.15, 0.2) is 0 Å². The third-order valence-electron chi connectivity index (χ3n) is 2.42. The monoisotopic (exact) mass is 201 g/mol. The Morgan fingerprint density at radius 2 is 2.07 bits per heavy atom. The molecule has 0 aliphatic rings. The van der Waals surface area contributed by atoms with Gasteiger partial charge in [-0.05, 0) is 31.1 Å². The Hall–Kier alpha value is -1.61. The number of aromatic amines is 1. The molecule has 0 aliphatic heterocycles. The van der Waals surface area contributed by atoms with Crippen molar-refractivity contribution in [3.63, 3.8) is 0 Å². The Morgan fingerprint density at radius 1 is 1.27 bits per heavy atom. The molecule has 0 radical (unpaired) electrons. The number of nitrogens with one attached hydrogen (secondary N) is 2. The second-order valence-corrected chi connectivity index (χ2v) is 3.49. The topological polar surface area (TPSA) is 40.7 Å². The average Bonchev–Trinajstić information content (AvgIpc) is 2.75. The molecule has 0 atom stereocenters. The lowest BCUT2D eigenvalue weighted by Crippen LogP contribution is -2.10. The van der Waals surface area contributed by atoms with E-state index in [4.69, 9.17) is 0 Å². The average molecular weight is 201 g/mol. The molecule has 0 bridgehead atoms. The fourth-order valence-corrected chi connectivity index (χ4v) is 1.62.